The molecule has 2 rings (SSSR count). The van der Waals surface area contributed by atoms with Crippen LogP contribution in [-0.2, 0) is 13.2 Å². The molecule has 0 aliphatic rings. The molecule has 2 nitrogen and oxygen atoms in total. The van der Waals surface area contributed by atoms with E-state index >= 15 is 0 Å². The van der Waals surface area contributed by atoms with E-state index in [0.717, 1.165) is 18.5 Å². The van der Waals surface area contributed by atoms with E-state index in [0.29, 0.717) is 27.9 Å². The Balaban J connectivity index is 2.12. The third-order valence-electron chi connectivity index (χ3n) is 3.20. The van der Waals surface area contributed by atoms with E-state index < -0.39 is 0 Å². The third-order valence-corrected chi connectivity index (χ3v) is 3.79. The fourth-order valence-electron chi connectivity index (χ4n) is 2.05. The van der Waals surface area contributed by atoms with Crippen molar-refractivity contribution in [1.29, 1.82) is 0 Å². The minimum Gasteiger partial charge on any atom is -0.488 e. The third kappa shape index (κ3) is 4.60. The van der Waals surface area contributed by atoms with Gasteiger partial charge in [-0.3, -0.25) is 0 Å². The van der Waals surface area contributed by atoms with Gasteiger partial charge in [0.15, 0.2) is 0 Å². The minimum atomic E-state index is -0.368. The second kappa shape index (κ2) is 8.37. The van der Waals surface area contributed by atoms with Gasteiger partial charge in [0.1, 0.15) is 18.2 Å². The first-order valence-corrected chi connectivity index (χ1v) is 7.92. The molecule has 0 aliphatic heterocycles. The van der Waals surface area contributed by atoms with E-state index in [2.05, 4.69) is 12.2 Å². The van der Waals surface area contributed by atoms with Crippen molar-refractivity contribution in [3.63, 3.8) is 0 Å². The maximum atomic E-state index is 13.8. The topological polar surface area (TPSA) is 21.3 Å². The van der Waals surface area contributed by atoms with Gasteiger partial charge in [0.05, 0.1) is 5.02 Å². The lowest BCUT2D eigenvalue weighted by molar-refractivity contribution is 0.296. The standard InChI is InChI=1S/C17H18Cl2FNO/c1-2-8-21-10-12-9-13(18)6-7-17(12)22-11-14-15(19)4-3-5-16(14)20/h3-7,9,21H,2,8,10-11H2,1H3. The van der Waals surface area contributed by atoms with Gasteiger partial charge in [-0.1, -0.05) is 36.2 Å². The maximum Gasteiger partial charge on any atom is 0.131 e. The van der Waals surface area contributed by atoms with Crippen molar-refractivity contribution in [2.45, 2.75) is 26.5 Å². The van der Waals surface area contributed by atoms with Crippen molar-refractivity contribution in [2.75, 3.05) is 6.54 Å². The zero-order valence-electron chi connectivity index (χ0n) is 12.3. The molecule has 5 heteroatoms. The number of hydrogen-bond donors (Lipinski definition) is 1. The number of halogens is 3. The molecular formula is C17H18Cl2FNO. The van der Waals surface area contributed by atoms with Crippen LogP contribution < -0.4 is 10.1 Å². The number of hydrogen-bond acceptors (Lipinski definition) is 2. The molecule has 0 aromatic heterocycles. The number of rotatable bonds is 7. The van der Waals surface area contributed by atoms with E-state index in [-0.39, 0.29) is 12.4 Å². The molecule has 0 radical (unpaired) electrons. The monoisotopic (exact) mass is 341 g/mol. The van der Waals surface area contributed by atoms with Crippen molar-refractivity contribution in [3.05, 3.63) is 63.4 Å². The Hall–Kier alpha value is -1.29. The first-order chi connectivity index (χ1) is 10.6. The Labute approximate surface area is 140 Å². The largest absolute Gasteiger partial charge is 0.488 e. The van der Waals surface area contributed by atoms with E-state index in [1.165, 1.54) is 6.07 Å². The van der Waals surface area contributed by atoms with Gasteiger partial charge in [-0.15, -0.1) is 0 Å². The fourth-order valence-corrected chi connectivity index (χ4v) is 2.46. The summed E-state index contributed by atoms with van der Waals surface area (Å²) in [4.78, 5) is 0. The molecule has 0 saturated carbocycles. The Bertz CT molecular complexity index is 614. The van der Waals surface area contributed by atoms with Gasteiger partial charge in [-0.2, -0.15) is 0 Å². The van der Waals surface area contributed by atoms with E-state index in [4.69, 9.17) is 27.9 Å². The molecule has 1 N–H and O–H groups in total. The minimum absolute atomic E-state index is 0.0773. The van der Waals surface area contributed by atoms with Gasteiger partial charge in [-0.25, -0.2) is 4.39 Å². The van der Waals surface area contributed by atoms with Crippen molar-refractivity contribution in [2.24, 2.45) is 0 Å². The molecule has 0 atom stereocenters. The van der Waals surface area contributed by atoms with Gasteiger partial charge < -0.3 is 10.1 Å². The van der Waals surface area contributed by atoms with Crippen LogP contribution in [0.25, 0.3) is 0 Å². The second-order valence-corrected chi connectivity index (χ2v) is 5.76. The SMILES string of the molecule is CCCNCc1cc(Cl)ccc1OCc1c(F)cccc1Cl. The molecular weight excluding hydrogens is 324 g/mol. The summed E-state index contributed by atoms with van der Waals surface area (Å²) in [6.45, 7) is 3.73. The lowest BCUT2D eigenvalue weighted by Crippen LogP contribution is -2.14. The average Bonchev–Trinajstić information content (AvgIpc) is 2.49. The van der Waals surface area contributed by atoms with E-state index in [9.17, 15) is 4.39 Å². The van der Waals surface area contributed by atoms with Crippen LogP contribution >= 0.6 is 23.2 Å². The Kier molecular flexibility index (Phi) is 6.49. The van der Waals surface area contributed by atoms with Gasteiger partial charge >= 0.3 is 0 Å². The van der Waals surface area contributed by atoms with Crippen LogP contribution in [0.2, 0.25) is 10.0 Å². The summed E-state index contributed by atoms with van der Waals surface area (Å²) in [6.07, 6.45) is 1.04. The summed E-state index contributed by atoms with van der Waals surface area (Å²) < 4.78 is 19.5. The summed E-state index contributed by atoms with van der Waals surface area (Å²) >= 11 is 12.0. The lowest BCUT2D eigenvalue weighted by Gasteiger charge is -2.13. The van der Waals surface area contributed by atoms with Crippen molar-refractivity contribution in [3.8, 4) is 5.75 Å². The number of ether oxygens (including phenoxy) is 1. The highest BCUT2D eigenvalue weighted by atomic mass is 35.5. The summed E-state index contributed by atoms with van der Waals surface area (Å²) in [6, 6.07) is 9.99. The van der Waals surface area contributed by atoms with Crippen LogP contribution in [0.1, 0.15) is 24.5 Å². The number of nitrogens with one attached hydrogen (secondary N) is 1. The summed E-state index contributed by atoms with van der Waals surface area (Å²) in [5.74, 6) is 0.305. The Morgan fingerprint density at radius 2 is 2.00 bits per heavy atom. The quantitative estimate of drug-likeness (QED) is 0.698. The molecule has 22 heavy (non-hydrogen) atoms. The highest BCUT2D eigenvalue weighted by Crippen LogP contribution is 2.26. The average molecular weight is 342 g/mol. The molecule has 2 aromatic carbocycles. The van der Waals surface area contributed by atoms with Crippen LogP contribution in [-0.4, -0.2) is 6.54 Å². The maximum absolute atomic E-state index is 13.8. The second-order valence-electron chi connectivity index (χ2n) is 4.92. The first kappa shape index (κ1) is 17.1. The summed E-state index contributed by atoms with van der Waals surface area (Å²) in [5, 5.41) is 4.31. The molecule has 2 aromatic rings. The van der Waals surface area contributed by atoms with E-state index in [1.807, 2.05) is 6.07 Å². The van der Waals surface area contributed by atoms with Crippen LogP contribution in [0.4, 0.5) is 4.39 Å². The fraction of sp³-hybridized carbons (Fsp3) is 0.294. The zero-order valence-corrected chi connectivity index (χ0v) is 13.8. The van der Waals surface area contributed by atoms with Crippen LogP contribution in [0.5, 0.6) is 5.75 Å². The smallest absolute Gasteiger partial charge is 0.131 e. The predicted molar refractivity (Wildman–Crippen MR) is 89.2 cm³/mol. The lowest BCUT2D eigenvalue weighted by atomic mass is 10.2. The first-order valence-electron chi connectivity index (χ1n) is 7.16. The normalized spacial score (nSPS) is 10.7. The Morgan fingerprint density at radius 3 is 2.73 bits per heavy atom. The molecule has 118 valence electrons. The predicted octanol–water partition coefficient (Wildman–Crippen LogP) is 5.21. The number of benzene rings is 2. The van der Waals surface area contributed by atoms with Crippen LogP contribution in [0.3, 0.4) is 0 Å². The summed E-state index contributed by atoms with van der Waals surface area (Å²) in [7, 11) is 0. The zero-order chi connectivity index (χ0) is 15.9. The Morgan fingerprint density at radius 1 is 1.18 bits per heavy atom. The molecule has 0 unspecified atom stereocenters. The van der Waals surface area contributed by atoms with Gasteiger partial charge in [-0.05, 0) is 43.3 Å². The highest BCUT2D eigenvalue weighted by Gasteiger charge is 2.10. The summed E-state index contributed by atoms with van der Waals surface area (Å²) in [5.41, 5.74) is 1.29. The van der Waals surface area contributed by atoms with Gasteiger partial charge in [0.2, 0.25) is 0 Å². The van der Waals surface area contributed by atoms with Crippen molar-refractivity contribution >= 4 is 23.2 Å². The molecule has 0 fully saturated rings. The molecule has 0 heterocycles. The van der Waals surface area contributed by atoms with Crippen molar-refractivity contribution < 1.29 is 9.13 Å². The van der Waals surface area contributed by atoms with Gasteiger partial charge in [0, 0.05) is 22.7 Å². The van der Waals surface area contributed by atoms with E-state index in [1.54, 1.807) is 24.3 Å². The highest BCUT2D eigenvalue weighted by molar-refractivity contribution is 6.31. The molecule has 0 aliphatic carbocycles. The molecule has 0 bridgehead atoms. The molecule has 0 spiro atoms. The van der Waals surface area contributed by atoms with Gasteiger partial charge in [0.25, 0.3) is 0 Å². The van der Waals surface area contributed by atoms with Crippen molar-refractivity contribution in [1.82, 2.24) is 5.32 Å². The molecule has 0 saturated heterocycles. The molecule has 0 amide bonds. The van der Waals surface area contributed by atoms with Crippen LogP contribution in [0.15, 0.2) is 36.4 Å². The van der Waals surface area contributed by atoms with Crippen LogP contribution in [0, 0.1) is 5.82 Å².